The zero-order chi connectivity index (χ0) is 15.3. The lowest BCUT2D eigenvalue weighted by atomic mass is 10.1. The van der Waals surface area contributed by atoms with Gasteiger partial charge in [0.2, 0.25) is 0 Å². The Bertz CT molecular complexity index is 591. The van der Waals surface area contributed by atoms with Crippen LogP contribution in [-0.4, -0.2) is 22.6 Å². The molecule has 2 aromatic rings. The van der Waals surface area contributed by atoms with E-state index in [4.69, 9.17) is 4.74 Å². The largest absolute Gasteiger partial charge is 0.497 e. The molecular weight excluding hydrogens is 262 g/mol. The molecule has 2 rings (SSSR count). The number of nitrogens with one attached hydrogen (secondary N) is 1. The lowest BCUT2D eigenvalue weighted by molar-refractivity contribution is 0.414. The van der Waals surface area contributed by atoms with Gasteiger partial charge in [-0.15, -0.1) is 0 Å². The molecule has 4 heteroatoms. The second-order valence-corrected chi connectivity index (χ2v) is 6.10. The van der Waals surface area contributed by atoms with Gasteiger partial charge in [0.1, 0.15) is 11.6 Å². The quantitative estimate of drug-likeness (QED) is 0.917. The van der Waals surface area contributed by atoms with Gasteiger partial charge in [0.15, 0.2) is 0 Å². The molecule has 21 heavy (non-hydrogen) atoms. The number of aromatic nitrogens is 2. The third-order valence-electron chi connectivity index (χ3n) is 3.06. The second kappa shape index (κ2) is 6.68. The highest BCUT2D eigenvalue weighted by Crippen LogP contribution is 2.14. The molecule has 1 heterocycles. The summed E-state index contributed by atoms with van der Waals surface area (Å²) in [6.07, 6.45) is 2.53. The summed E-state index contributed by atoms with van der Waals surface area (Å²) in [6.45, 7) is 7.18. The molecule has 0 aliphatic rings. The maximum atomic E-state index is 5.24. The smallest absolute Gasteiger partial charge is 0.132 e. The van der Waals surface area contributed by atoms with E-state index < -0.39 is 0 Å². The van der Waals surface area contributed by atoms with E-state index in [1.54, 1.807) is 7.11 Å². The van der Waals surface area contributed by atoms with Crippen LogP contribution in [0, 0.1) is 0 Å². The van der Waals surface area contributed by atoms with Gasteiger partial charge in [-0.1, -0.05) is 12.1 Å². The molecule has 0 amide bonds. The Kier molecular flexibility index (Phi) is 4.91. The fraction of sp³-hybridized carbons (Fsp3) is 0.412. The molecule has 0 radical (unpaired) electrons. The van der Waals surface area contributed by atoms with Crippen molar-refractivity contribution in [2.24, 2.45) is 0 Å². The van der Waals surface area contributed by atoms with Gasteiger partial charge >= 0.3 is 0 Å². The molecule has 0 saturated heterocycles. The normalized spacial score (nSPS) is 11.4. The highest BCUT2D eigenvalue weighted by molar-refractivity contribution is 5.30. The maximum absolute atomic E-state index is 5.24. The number of benzene rings is 1. The van der Waals surface area contributed by atoms with Gasteiger partial charge < -0.3 is 10.1 Å². The third-order valence-corrected chi connectivity index (χ3v) is 3.06. The molecule has 4 nitrogen and oxygen atoms in total. The number of hydrogen-bond donors (Lipinski definition) is 1. The van der Waals surface area contributed by atoms with Crippen LogP contribution in [0.15, 0.2) is 36.5 Å². The van der Waals surface area contributed by atoms with Gasteiger partial charge in [0, 0.05) is 24.7 Å². The van der Waals surface area contributed by atoms with E-state index in [1.807, 2.05) is 30.5 Å². The first-order valence-corrected chi connectivity index (χ1v) is 7.15. The molecule has 0 aliphatic heterocycles. The summed E-state index contributed by atoms with van der Waals surface area (Å²) in [4.78, 5) is 8.97. The molecule has 0 saturated carbocycles. The fourth-order valence-corrected chi connectivity index (χ4v) is 1.95. The zero-order valence-electron chi connectivity index (χ0n) is 13.2. The first-order chi connectivity index (χ1) is 9.96. The van der Waals surface area contributed by atoms with Crippen LogP contribution in [0.1, 0.15) is 37.9 Å². The van der Waals surface area contributed by atoms with Crippen molar-refractivity contribution in [2.75, 3.05) is 7.11 Å². The van der Waals surface area contributed by atoms with E-state index in [-0.39, 0.29) is 5.54 Å². The summed E-state index contributed by atoms with van der Waals surface area (Å²) >= 11 is 0. The zero-order valence-corrected chi connectivity index (χ0v) is 13.2. The number of methoxy groups -OCH3 is 1. The molecule has 0 fully saturated rings. The van der Waals surface area contributed by atoms with E-state index in [9.17, 15) is 0 Å². The Morgan fingerprint density at radius 1 is 1.19 bits per heavy atom. The molecule has 0 bridgehead atoms. The highest BCUT2D eigenvalue weighted by atomic mass is 16.5. The molecule has 1 N–H and O–H groups in total. The SMILES string of the molecule is COc1cccc(Cc2nccc(CNC(C)(C)C)n2)c1. The predicted octanol–water partition coefficient (Wildman–Crippen LogP) is 2.96. The van der Waals surface area contributed by atoms with E-state index in [0.717, 1.165) is 29.4 Å². The molecule has 1 aromatic heterocycles. The van der Waals surface area contributed by atoms with Gasteiger partial charge in [-0.2, -0.15) is 0 Å². The van der Waals surface area contributed by atoms with E-state index in [1.165, 1.54) is 0 Å². The number of hydrogen-bond acceptors (Lipinski definition) is 4. The second-order valence-electron chi connectivity index (χ2n) is 6.10. The van der Waals surface area contributed by atoms with E-state index in [2.05, 4.69) is 42.1 Å². The minimum Gasteiger partial charge on any atom is -0.497 e. The van der Waals surface area contributed by atoms with Crippen LogP contribution in [0.3, 0.4) is 0 Å². The average Bonchev–Trinajstić information content (AvgIpc) is 2.45. The van der Waals surface area contributed by atoms with Crippen LogP contribution in [0.5, 0.6) is 5.75 Å². The van der Waals surface area contributed by atoms with Gasteiger partial charge in [-0.3, -0.25) is 0 Å². The molecule has 112 valence electrons. The topological polar surface area (TPSA) is 47.0 Å². The molecule has 0 spiro atoms. The summed E-state index contributed by atoms with van der Waals surface area (Å²) in [5.74, 6) is 1.69. The van der Waals surface area contributed by atoms with Crippen molar-refractivity contribution in [1.82, 2.24) is 15.3 Å². The van der Waals surface area contributed by atoms with Crippen molar-refractivity contribution in [1.29, 1.82) is 0 Å². The summed E-state index contributed by atoms with van der Waals surface area (Å²) in [5, 5.41) is 3.44. The molecular formula is C17H23N3O. The Labute approximate surface area is 126 Å². The van der Waals surface area contributed by atoms with Crippen LogP contribution in [0.2, 0.25) is 0 Å². The summed E-state index contributed by atoms with van der Waals surface area (Å²) in [6, 6.07) is 9.95. The van der Waals surface area contributed by atoms with Crippen LogP contribution in [0.25, 0.3) is 0 Å². The van der Waals surface area contributed by atoms with Gasteiger partial charge in [-0.25, -0.2) is 9.97 Å². The van der Waals surface area contributed by atoms with Crippen molar-refractivity contribution >= 4 is 0 Å². The van der Waals surface area contributed by atoms with Crippen molar-refractivity contribution in [3.8, 4) is 5.75 Å². The van der Waals surface area contributed by atoms with E-state index in [0.29, 0.717) is 6.42 Å². The van der Waals surface area contributed by atoms with E-state index >= 15 is 0 Å². The minimum absolute atomic E-state index is 0.0813. The Balaban J connectivity index is 2.06. The average molecular weight is 285 g/mol. The predicted molar refractivity (Wildman–Crippen MR) is 84.4 cm³/mol. The fourth-order valence-electron chi connectivity index (χ4n) is 1.95. The van der Waals surface area contributed by atoms with Crippen LogP contribution in [-0.2, 0) is 13.0 Å². The minimum atomic E-state index is 0.0813. The van der Waals surface area contributed by atoms with Crippen LogP contribution in [0.4, 0.5) is 0 Å². The Morgan fingerprint density at radius 2 is 2.00 bits per heavy atom. The van der Waals surface area contributed by atoms with Crippen LogP contribution >= 0.6 is 0 Å². The van der Waals surface area contributed by atoms with Crippen LogP contribution < -0.4 is 10.1 Å². The van der Waals surface area contributed by atoms with Gasteiger partial charge in [-0.05, 0) is 44.5 Å². The standard InChI is InChI=1S/C17H23N3O/c1-17(2,3)19-12-14-8-9-18-16(20-14)11-13-6-5-7-15(10-13)21-4/h5-10,19H,11-12H2,1-4H3. The highest BCUT2D eigenvalue weighted by Gasteiger charge is 2.09. The van der Waals surface area contributed by atoms with Crippen molar-refractivity contribution in [2.45, 2.75) is 39.3 Å². The Hall–Kier alpha value is -1.94. The molecule has 0 aliphatic carbocycles. The number of nitrogens with zero attached hydrogens (tertiary/aromatic N) is 2. The third kappa shape index (κ3) is 5.16. The van der Waals surface area contributed by atoms with Crippen molar-refractivity contribution in [3.63, 3.8) is 0 Å². The molecule has 1 aromatic carbocycles. The number of ether oxygens (including phenoxy) is 1. The molecule has 0 atom stereocenters. The lowest BCUT2D eigenvalue weighted by Gasteiger charge is -2.20. The molecule has 0 unspecified atom stereocenters. The van der Waals surface area contributed by atoms with Gasteiger partial charge in [0.05, 0.1) is 12.8 Å². The lowest BCUT2D eigenvalue weighted by Crippen LogP contribution is -2.35. The monoisotopic (exact) mass is 285 g/mol. The first-order valence-electron chi connectivity index (χ1n) is 7.15. The van der Waals surface area contributed by atoms with Crippen molar-refractivity contribution in [3.05, 3.63) is 53.6 Å². The number of rotatable bonds is 5. The van der Waals surface area contributed by atoms with Gasteiger partial charge in [0.25, 0.3) is 0 Å². The first kappa shape index (κ1) is 15.4. The summed E-state index contributed by atoms with van der Waals surface area (Å²) < 4.78 is 5.24. The summed E-state index contributed by atoms with van der Waals surface area (Å²) in [7, 11) is 1.68. The van der Waals surface area contributed by atoms with Crippen molar-refractivity contribution < 1.29 is 4.74 Å². The Morgan fingerprint density at radius 3 is 2.71 bits per heavy atom. The summed E-state index contributed by atoms with van der Waals surface area (Å²) in [5.41, 5.74) is 2.24. The maximum Gasteiger partial charge on any atom is 0.132 e.